The Kier molecular flexibility index (Phi) is 6.61. The first-order valence-electron chi connectivity index (χ1n) is 7.68. The molecule has 1 aromatic rings. The first-order valence-corrected chi connectivity index (χ1v) is 9.16. The van der Waals surface area contributed by atoms with E-state index < -0.39 is 28.8 Å². The average molecular weight is 418 g/mol. The number of rotatable bonds is 5. The van der Waals surface area contributed by atoms with Crippen LogP contribution in [0, 0.1) is 0 Å². The molecule has 0 aromatic heterocycles. The predicted octanol–water partition coefficient (Wildman–Crippen LogP) is 0.951. The molecule has 1 fully saturated rings. The molecule has 0 amide bonds. The van der Waals surface area contributed by atoms with Crippen molar-refractivity contribution in [2.24, 2.45) is 0 Å². The number of nitrogens with one attached hydrogen (secondary N) is 2. The molecule has 0 radical (unpaired) electrons. The van der Waals surface area contributed by atoms with E-state index in [1.807, 2.05) is 0 Å². The largest absolute Gasteiger partial charge is 0.454 e. The van der Waals surface area contributed by atoms with Crippen molar-refractivity contribution in [2.45, 2.75) is 17.1 Å². The van der Waals surface area contributed by atoms with E-state index in [4.69, 9.17) is 9.47 Å². The molecule has 7 nitrogen and oxygen atoms in total. The van der Waals surface area contributed by atoms with Crippen LogP contribution in [0.4, 0.5) is 13.2 Å². The molecule has 2 heterocycles. The van der Waals surface area contributed by atoms with Gasteiger partial charge in [0, 0.05) is 38.8 Å². The fourth-order valence-corrected chi connectivity index (χ4v) is 3.81. The zero-order valence-electron chi connectivity index (χ0n) is 13.6. The Bertz CT molecular complexity index is 727. The number of ether oxygens (including phenoxy) is 2. The number of fused-ring (bicyclic) bond motifs is 1. The highest BCUT2D eigenvalue weighted by Crippen LogP contribution is 2.34. The average Bonchev–Trinajstić information content (AvgIpc) is 3.02. The minimum absolute atomic E-state index is 0. The van der Waals surface area contributed by atoms with E-state index in [2.05, 4.69) is 10.0 Å². The van der Waals surface area contributed by atoms with Gasteiger partial charge in [0.25, 0.3) is 0 Å². The second-order valence-electron chi connectivity index (χ2n) is 5.71. The van der Waals surface area contributed by atoms with Gasteiger partial charge in [-0.3, -0.25) is 4.90 Å². The summed E-state index contributed by atoms with van der Waals surface area (Å²) in [6, 6.07) is 2.04. The quantitative estimate of drug-likeness (QED) is 0.742. The molecule has 1 aromatic carbocycles. The van der Waals surface area contributed by atoms with Gasteiger partial charge < -0.3 is 14.8 Å². The molecule has 2 N–H and O–H groups in total. The molecule has 1 atom stereocenters. The maximum Gasteiger partial charge on any atom is 0.405 e. The Morgan fingerprint density at radius 3 is 2.50 bits per heavy atom. The van der Waals surface area contributed by atoms with E-state index in [0.717, 1.165) is 0 Å². The summed E-state index contributed by atoms with van der Waals surface area (Å²) in [5.41, 5.74) is 0. The van der Waals surface area contributed by atoms with Crippen molar-refractivity contribution in [3.05, 3.63) is 18.2 Å². The van der Waals surface area contributed by atoms with Crippen molar-refractivity contribution in [1.29, 1.82) is 0 Å². The van der Waals surface area contributed by atoms with Crippen molar-refractivity contribution >= 4 is 22.4 Å². The highest BCUT2D eigenvalue weighted by Gasteiger charge is 2.44. The molecule has 12 heteroatoms. The van der Waals surface area contributed by atoms with E-state index >= 15 is 0 Å². The van der Waals surface area contributed by atoms with Gasteiger partial charge in [-0.15, -0.1) is 12.4 Å². The van der Waals surface area contributed by atoms with Crippen LogP contribution in [0.3, 0.4) is 0 Å². The summed E-state index contributed by atoms with van der Waals surface area (Å²) in [4.78, 5) is 1.07. The second-order valence-corrected chi connectivity index (χ2v) is 7.48. The van der Waals surface area contributed by atoms with Gasteiger partial charge in [0.05, 0.1) is 4.90 Å². The summed E-state index contributed by atoms with van der Waals surface area (Å²) in [5, 5.41) is 2.97. The van der Waals surface area contributed by atoms with Crippen LogP contribution < -0.4 is 19.5 Å². The molecule has 2 aliphatic heterocycles. The smallest absolute Gasteiger partial charge is 0.405 e. The van der Waals surface area contributed by atoms with E-state index in [1.165, 1.54) is 23.1 Å². The van der Waals surface area contributed by atoms with Crippen LogP contribution in [0.25, 0.3) is 0 Å². The number of piperazine rings is 1. The van der Waals surface area contributed by atoms with E-state index in [0.29, 0.717) is 18.8 Å². The van der Waals surface area contributed by atoms with Gasteiger partial charge in [0.2, 0.25) is 16.8 Å². The van der Waals surface area contributed by atoms with Gasteiger partial charge in [-0.2, -0.15) is 13.2 Å². The maximum absolute atomic E-state index is 13.3. The number of halogens is 4. The van der Waals surface area contributed by atoms with Gasteiger partial charge in [-0.25, -0.2) is 13.1 Å². The van der Waals surface area contributed by atoms with Crippen LogP contribution in [0.2, 0.25) is 0 Å². The summed E-state index contributed by atoms with van der Waals surface area (Å²) < 4.78 is 76.9. The number of sulfonamides is 1. The summed E-state index contributed by atoms with van der Waals surface area (Å²) in [6.07, 6.45) is -4.53. The van der Waals surface area contributed by atoms with Gasteiger partial charge in [-0.1, -0.05) is 0 Å². The molecule has 0 spiro atoms. The Labute approximate surface area is 155 Å². The van der Waals surface area contributed by atoms with E-state index in [-0.39, 0.29) is 42.9 Å². The van der Waals surface area contributed by atoms with E-state index in [9.17, 15) is 21.6 Å². The SMILES string of the molecule is Cl.O=S(=O)(NCC(N1CCNCC1)C(F)(F)F)c1ccc2c(c1)OCO2. The molecule has 0 saturated carbocycles. The van der Waals surface area contributed by atoms with Crippen molar-refractivity contribution in [3.8, 4) is 11.5 Å². The van der Waals surface area contributed by atoms with Gasteiger partial charge in [-0.05, 0) is 12.1 Å². The molecule has 148 valence electrons. The van der Waals surface area contributed by atoms with Crippen molar-refractivity contribution in [2.75, 3.05) is 39.5 Å². The monoisotopic (exact) mass is 417 g/mol. The Morgan fingerprint density at radius 1 is 1.19 bits per heavy atom. The number of alkyl halides is 3. The van der Waals surface area contributed by atoms with Crippen LogP contribution in [0.1, 0.15) is 0 Å². The Morgan fingerprint density at radius 2 is 1.85 bits per heavy atom. The third-order valence-electron chi connectivity index (χ3n) is 4.09. The minimum Gasteiger partial charge on any atom is -0.454 e. The first kappa shape index (κ1) is 21.0. The summed E-state index contributed by atoms with van der Waals surface area (Å²) >= 11 is 0. The zero-order valence-corrected chi connectivity index (χ0v) is 15.2. The molecular weight excluding hydrogens is 399 g/mol. The number of benzene rings is 1. The molecule has 1 unspecified atom stereocenters. The van der Waals surface area contributed by atoms with Crippen molar-refractivity contribution in [3.63, 3.8) is 0 Å². The van der Waals surface area contributed by atoms with Crippen LogP contribution >= 0.6 is 12.4 Å². The molecule has 2 aliphatic rings. The topological polar surface area (TPSA) is 79.9 Å². The van der Waals surface area contributed by atoms with Gasteiger partial charge >= 0.3 is 6.18 Å². The van der Waals surface area contributed by atoms with Crippen LogP contribution in [0.5, 0.6) is 11.5 Å². The maximum atomic E-state index is 13.3. The van der Waals surface area contributed by atoms with Crippen LogP contribution in [0.15, 0.2) is 23.1 Å². The molecular formula is C14H19ClF3N3O4S. The lowest BCUT2D eigenvalue weighted by atomic mass is 10.2. The normalized spacial score (nSPS) is 19.0. The lowest BCUT2D eigenvalue weighted by molar-refractivity contribution is -0.182. The van der Waals surface area contributed by atoms with E-state index in [1.54, 1.807) is 0 Å². The standard InChI is InChI=1S/C14H18F3N3O4S.ClH/c15-14(16,17)13(20-5-3-18-4-6-20)8-19-25(21,22)10-1-2-11-12(7-10)24-9-23-11;/h1-2,7,13,18-19H,3-6,8-9H2;1H. The molecule has 0 aliphatic carbocycles. The van der Waals surface area contributed by atoms with Crippen molar-refractivity contribution in [1.82, 2.24) is 14.9 Å². The first-order chi connectivity index (χ1) is 11.8. The molecule has 1 saturated heterocycles. The minimum atomic E-state index is -4.53. The molecule has 26 heavy (non-hydrogen) atoms. The highest BCUT2D eigenvalue weighted by atomic mass is 35.5. The molecule has 0 bridgehead atoms. The third-order valence-corrected chi connectivity index (χ3v) is 5.51. The van der Waals surface area contributed by atoms with Gasteiger partial charge in [0.1, 0.15) is 6.04 Å². The molecule has 3 rings (SSSR count). The summed E-state index contributed by atoms with van der Waals surface area (Å²) in [6.45, 7) is 0.501. The summed E-state index contributed by atoms with van der Waals surface area (Å²) in [7, 11) is -4.10. The van der Waals surface area contributed by atoms with Crippen molar-refractivity contribution < 1.29 is 31.1 Å². The van der Waals surface area contributed by atoms with Crippen LogP contribution in [-0.4, -0.2) is 65.1 Å². The third kappa shape index (κ3) is 4.71. The number of hydrogen-bond acceptors (Lipinski definition) is 6. The fourth-order valence-electron chi connectivity index (χ4n) is 2.76. The fraction of sp³-hybridized carbons (Fsp3) is 0.571. The lowest BCUT2D eigenvalue weighted by Gasteiger charge is -2.35. The lowest BCUT2D eigenvalue weighted by Crippen LogP contribution is -2.57. The predicted molar refractivity (Wildman–Crippen MR) is 89.3 cm³/mol. The van der Waals surface area contributed by atoms with Gasteiger partial charge in [0.15, 0.2) is 11.5 Å². The summed E-state index contributed by atoms with van der Waals surface area (Å²) in [5.74, 6) is 0.644. The van der Waals surface area contributed by atoms with Crippen LogP contribution in [-0.2, 0) is 10.0 Å². The highest BCUT2D eigenvalue weighted by molar-refractivity contribution is 7.89. The number of hydrogen-bond donors (Lipinski definition) is 2. The number of nitrogens with zero attached hydrogens (tertiary/aromatic N) is 1. The second kappa shape index (κ2) is 8.17. The Hall–Kier alpha value is -1.27. The zero-order chi connectivity index (χ0) is 18.1. The Balaban J connectivity index is 0.00000243.